The molecule has 112 valence electrons. The number of ether oxygens (including phenoxy) is 1. The molecule has 0 amide bonds. The molecule has 0 fully saturated rings. The third-order valence-corrected chi connectivity index (χ3v) is 3.30. The maximum atomic E-state index is 5.39. The Labute approximate surface area is 130 Å². The van der Waals surface area contributed by atoms with E-state index in [1.807, 2.05) is 12.1 Å². The average molecular weight is 342 g/mol. The normalized spacial score (nSPS) is 10.0. The van der Waals surface area contributed by atoms with Crippen LogP contribution in [-0.4, -0.2) is 32.7 Å². The Morgan fingerprint density at radius 3 is 2.55 bits per heavy atom. The first-order valence-electron chi connectivity index (χ1n) is 7.05. The second-order valence-corrected chi connectivity index (χ2v) is 5.27. The minimum atomic E-state index is 0.800. The van der Waals surface area contributed by atoms with Gasteiger partial charge in [0.15, 0.2) is 5.96 Å². The van der Waals surface area contributed by atoms with Gasteiger partial charge in [0.1, 0.15) is 5.75 Å². The lowest BCUT2D eigenvalue weighted by Gasteiger charge is -2.10. The molecule has 0 saturated heterocycles. The average Bonchev–Trinajstić information content (AvgIpc) is 2.45. The zero-order valence-corrected chi connectivity index (χ0v) is 14.1. The molecule has 20 heavy (non-hydrogen) atoms. The Hall–Kier alpha value is -1.23. The van der Waals surface area contributed by atoms with Crippen molar-refractivity contribution < 1.29 is 4.74 Å². The minimum absolute atomic E-state index is 0.800. The molecule has 0 aliphatic carbocycles. The standard InChI is InChI=1S/C15H24BrN3O/c1-4-17-15(18-5-2)19-10-6-7-12-8-9-13(16)11-14(12)20-3/h8-9,11H,4-7,10H2,1-3H3,(H2,17,18,19). The van der Waals surface area contributed by atoms with E-state index >= 15 is 0 Å². The van der Waals surface area contributed by atoms with Crippen LogP contribution >= 0.6 is 15.9 Å². The lowest BCUT2D eigenvalue weighted by atomic mass is 10.1. The second-order valence-electron chi connectivity index (χ2n) is 4.35. The first-order chi connectivity index (χ1) is 9.71. The molecule has 1 aromatic rings. The van der Waals surface area contributed by atoms with E-state index in [-0.39, 0.29) is 0 Å². The van der Waals surface area contributed by atoms with E-state index in [2.05, 4.69) is 51.5 Å². The van der Waals surface area contributed by atoms with Crippen molar-refractivity contribution in [3.8, 4) is 5.75 Å². The van der Waals surface area contributed by atoms with Crippen molar-refractivity contribution in [1.82, 2.24) is 10.6 Å². The van der Waals surface area contributed by atoms with Crippen LogP contribution in [0.15, 0.2) is 27.7 Å². The smallest absolute Gasteiger partial charge is 0.191 e. The molecule has 5 heteroatoms. The molecule has 0 heterocycles. The fourth-order valence-electron chi connectivity index (χ4n) is 1.89. The molecule has 0 unspecified atom stereocenters. The molecule has 0 radical (unpaired) electrons. The molecule has 0 bridgehead atoms. The Balaban J connectivity index is 2.49. The number of benzene rings is 1. The molecule has 2 N–H and O–H groups in total. The van der Waals surface area contributed by atoms with Crippen LogP contribution in [0.4, 0.5) is 0 Å². The molecule has 0 aromatic heterocycles. The first kappa shape index (κ1) is 16.8. The van der Waals surface area contributed by atoms with Gasteiger partial charge >= 0.3 is 0 Å². The van der Waals surface area contributed by atoms with E-state index in [4.69, 9.17) is 4.74 Å². The van der Waals surface area contributed by atoms with E-state index in [0.717, 1.165) is 48.7 Å². The molecular weight excluding hydrogens is 318 g/mol. The summed E-state index contributed by atoms with van der Waals surface area (Å²) >= 11 is 3.45. The summed E-state index contributed by atoms with van der Waals surface area (Å²) < 4.78 is 6.43. The highest BCUT2D eigenvalue weighted by molar-refractivity contribution is 9.10. The number of aryl methyl sites for hydroxylation is 1. The van der Waals surface area contributed by atoms with Crippen LogP contribution in [0.2, 0.25) is 0 Å². The fraction of sp³-hybridized carbons (Fsp3) is 0.533. The molecule has 0 aliphatic rings. The highest BCUT2D eigenvalue weighted by Crippen LogP contribution is 2.24. The quantitative estimate of drug-likeness (QED) is 0.455. The van der Waals surface area contributed by atoms with E-state index in [1.54, 1.807) is 7.11 Å². The number of hydrogen-bond acceptors (Lipinski definition) is 2. The molecule has 0 atom stereocenters. The van der Waals surface area contributed by atoms with Crippen LogP contribution in [-0.2, 0) is 6.42 Å². The van der Waals surface area contributed by atoms with Crippen molar-refractivity contribution >= 4 is 21.9 Å². The topological polar surface area (TPSA) is 45.7 Å². The van der Waals surface area contributed by atoms with Crippen molar-refractivity contribution in [2.75, 3.05) is 26.7 Å². The highest BCUT2D eigenvalue weighted by atomic mass is 79.9. The number of halogens is 1. The highest BCUT2D eigenvalue weighted by Gasteiger charge is 2.03. The van der Waals surface area contributed by atoms with Gasteiger partial charge in [0.05, 0.1) is 7.11 Å². The van der Waals surface area contributed by atoms with Crippen molar-refractivity contribution in [2.45, 2.75) is 26.7 Å². The number of guanidine groups is 1. The summed E-state index contributed by atoms with van der Waals surface area (Å²) in [5.41, 5.74) is 1.22. The minimum Gasteiger partial charge on any atom is -0.496 e. The van der Waals surface area contributed by atoms with Crippen molar-refractivity contribution in [2.24, 2.45) is 4.99 Å². The van der Waals surface area contributed by atoms with E-state index in [9.17, 15) is 0 Å². The molecule has 0 aliphatic heterocycles. The van der Waals surface area contributed by atoms with Gasteiger partial charge in [0.2, 0.25) is 0 Å². The Morgan fingerprint density at radius 1 is 1.25 bits per heavy atom. The van der Waals surface area contributed by atoms with Crippen LogP contribution in [0, 0.1) is 0 Å². The van der Waals surface area contributed by atoms with E-state index < -0.39 is 0 Å². The summed E-state index contributed by atoms with van der Waals surface area (Å²) in [6.45, 7) is 6.70. The van der Waals surface area contributed by atoms with Crippen LogP contribution in [0.3, 0.4) is 0 Å². The first-order valence-corrected chi connectivity index (χ1v) is 7.85. The summed E-state index contributed by atoms with van der Waals surface area (Å²) in [6, 6.07) is 6.15. The lowest BCUT2D eigenvalue weighted by molar-refractivity contribution is 0.409. The Bertz CT molecular complexity index is 427. The summed E-state index contributed by atoms with van der Waals surface area (Å²) in [4.78, 5) is 4.54. The predicted octanol–water partition coefficient (Wildman–Crippen LogP) is 2.97. The monoisotopic (exact) mass is 341 g/mol. The molecular formula is C15H24BrN3O. The lowest BCUT2D eigenvalue weighted by Crippen LogP contribution is -2.37. The van der Waals surface area contributed by atoms with Gasteiger partial charge in [-0.2, -0.15) is 0 Å². The van der Waals surface area contributed by atoms with E-state index in [0.29, 0.717) is 0 Å². The summed E-state index contributed by atoms with van der Waals surface area (Å²) in [6.07, 6.45) is 1.96. The maximum absolute atomic E-state index is 5.39. The Kier molecular flexibility index (Phi) is 8.11. The summed E-state index contributed by atoms with van der Waals surface area (Å²) in [5.74, 6) is 1.82. The molecule has 1 aromatic carbocycles. The number of nitrogens with one attached hydrogen (secondary N) is 2. The molecule has 1 rings (SSSR count). The molecule has 4 nitrogen and oxygen atoms in total. The maximum Gasteiger partial charge on any atom is 0.191 e. The summed E-state index contributed by atoms with van der Waals surface area (Å²) in [5, 5.41) is 6.44. The number of rotatable bonds is 7. The predicted molar refractivity (Wildman–Crippen MR) is 88.7 cm³/mol. The molecule has 0 saturated carbocycles. The van der Waals surface area contributed by atoms with E-state index in [1.165, 1.54) is 5.56 Å². The number of methoxy groups -OCH3 is 1. The van der Waals surface area contributed by atoms with Crippen LogP contribution in [0.25, 0.3) is 0 Å². The SMILES string of the molecule is CCNC(=NCCCc1ccc(Br)cc1OC)NCC. The summed E-state index contributed by atoms with van der Waals surface area (Å²) in [7, 11) is 1.71. The van der Waals surface area contributed by atoms with Crippen LogP contribution < -0.4 is 15.4 Å². The van der Waals surface area contributed by atoms with Gasteiger partial charge in [-0.25, -0.2) is 0 Å². The van der Waals surface area contributed by atoms with Gasteiger partial charge in [-0.3, -0.25) is 4.99 Å². The van der Waals surface area contributed by atoms with Crippen LogP contribution in [0.1, 0.15) is 25.8 Å². The van der Waals surface area contributed by atoms with Gasteiger partial charge in [0.25, 0.3) is 0 Å². The third-order valence-electron chi connectivity index (χ3n) is 2.81. The number of aliphatic imine (C=N–C) groups is 1. The largest absolute Gasteiger partial charge is 0.496 e. The van der Waals surface area contributed by atoms with Gasteiger partial charge in [0, 0.05) is 24.1 Å². The number of nitrogens with zero attached hydrogens (tertiary/aromatic N) is 1. The van der Waals surface area contributed by atoms with Crippen molar-refractivity contribution in [1.29, 1.82) is 0 Å². The third kappa shape index (κ3) is 5.82. The van der Waals surface area contributed by atoms with Gasteiger partial charge < -0.3 is 15.4 Å². The van der Waals surface area contributed by atoms with Gasteiger partial charge in [-0.15, -0.1) is 0 Å². The fourth-order valence-corrected chi connectivity index (χ4v) is 2.23. The van der Waals surface area contributed by atoms with Crippen molar-refractivity contribution in [3.05, 3.63) is 28.2 Å². The zero-order chi connectivity index (χ0) is 14.8. The molecule has 0 spiro atoms. The number of hydrogen-bond donors (Lipinski definition) is 2. The Morgan fingerprint density at radius 2 is 1.95 bits per heavy atom. The zero-order valence-electron chi connectivity index (χ0n) is 12.5. The van der Waals surface area contributed by atoms with Gasteiger partial charge in [-0.1, -0.05) is 22.0 Å². The van der Waals surface area contributed by atoms with Gasteiger partial charge in [-0.05, 0) is 44.4 Å². The van der Waals surface area contributed by atoms with Crippen LogP contribution in [0.5, 0.6) is 5.75 Å². The van der Waals surface area contributed by atoms with Crippen molar-refractivity contribution in [3.63, 3.8) is 0 Å². The second kappa shape index (κ2) is 9.64.